The van der Waals surface area contributed by atoms with Crippen molar-refractivity contribution in [2.75, 3.05) is 18.1 Å². The zero-order chi connectivity index (χ0) is 12.8. The van der Waals surface area contributed by atoms with E-state index in [4.69, 9.17) is 16.7 Å². The molecular formula is C12H20ClN3O. The van der Waals surface area contributed by atoms with Gasteiger partial charge in [0.05, 0.1) is 0 Å². The first kappa shape index (κ1) is 14.2. The smallest absolute Gasteiger partial charge is 0.134 e. The monoisotopic (exact) mass is 257 g/mol. The fourth-order valence-corrected chi connectivity index (χ4v) is 1.83. The number of aromatic nitrogens is 2. The number of anilines is 1. The molecule has 0 atom stereocenters. The first-order chi connectivity index (χ1) is 8.08. The van der Waals surface area contributed by atoms with Crippen LogP contribution in [0, 0.1) is 0 Å². The lowest BCUT2D eigenvalue weighted by Crippen LogP contribution is -2.33. The molecule has 1 aromatic rings. The van der Waals surface area contributed by atoms with Gasteiger partial charge in [-0.3, -0.25) is 0 Å². The summed E-state index contributed by atoms with van der Waals surface area (Å²) in [7, 11) is 0. The van der Waals surface area contributed by atoms with Crippen molar-refractivity contribution in [2.45, 2.75) is 39.7 Å². The molecule has 4 nitrogen and oxygen atoms in total. The molecule has 0 aliphatic heterocycles. The maximum atomic E-state index is 8.91. The van der Waals surface area contributed by atoms with Gasteiger partial charge in [0.25, 0.3) is 0 Å². The van der Waals surface area contributed by atoms with Crippen LogP contribution in [0.15, 0.2) is 6.07 Å². The topological polar surface area (TPSA) is 49.2 Å². The molecule has 0 saturated heterocycles. The van der Waals surface area contributed by atoms with Crippen molar-refractivity contribution < 1.29 is 5.11 Å². The molecule has 5 heteroatoms. The second-order valence-corrected chi connectivity index (χ2v) is 4.57. The van der Waals surface area contributed by atoms with Gasteiger partial charge < -0.3 is 10.0 Å². The molecule has 1 aromatic heterocycles. The van der Waals surface area contributed by atoms with Crippen LogP contribution in [0.3, 0.4) is 0 Å². The minimum Gasteiger partial charge on any atom is -0.396 e. The summed E-state index contributed by atoms with van der Waals surface area (Å²) in [5.74, 6) is 1.59. The van der Waals surface area contributed by atoms with Gasteiger partial charge in [0.2, 0.25) is 0 Å². The third-order valence-corrected chi connectivity index (χ3v) is 2.71. The molecule has 0 radical (unpaired) electrons. The van der Waals surface area contributed by atoms with Gasteiger partial charge in [0, 0.05) is 31.7 Å². The standard InChI is InChI=1S/C12H20ClN3O/c1-4-11-14-10(13)8-12(15-11)16(9(2)3)6-5-7-17/h8-9,17H,4-7H2,1-3H3. The Morgan fingerprint density at radius 3 is 2.65 bits per heavy atom. The Labute approximate surface area is 108 Å². The van der Waals surface area contributed by atoms with Gasteiger partial charge in [-0.15, -0.1) is 0 Å². The number of rotatable bonds is 6. The summed E-state index contributed by atoms with van der Waals surface area (Å²) in [6, 6.07) is 2.09. The predicted octanol–water partition coefficient (Wildman–Crippen LogP) is 2.29. The molecule has 0 amide bonds. The summed E-state index contributed by atoms with van der Waals surface area (Å²) < 4.78 is 0. The third-order valence-electron chi connectivity index (χ3n) is 2.52. The van der Waals surface area contributed by atoms with E-state index in [9.17, 15) is 0 Å². The quantitative estimate of drug-likeness (QED) is 0.795. The Hall–Kier alpha value is -0.870. The second kappa shape index (κ2) is 6.77. The van der Waals surface area contributed by atoms with Crippen LogP contribution < -0.4 is 4.90 Å². The van der Waals surface area contributed by atoms with E-state index >= 15 is 0 Å². The third kappa shape index (κ3) is 4.13. The molecule has 0 fully saturated rings. The highest BCUT2D eigenvalue weighted by atomic mass is 35.5. The van der Waals surface area contributed by atoms with Crippen molar-refractivity contribution in [1.82, 2.24) is 9.97 Å². The van der Waals surface area contributed by atoms with Gasteiger partial charge in [0.15, 0.2) is 0 Å². The minimum atomic E-state index is 0.183. The van der Waals surface area contributed by atoms with Gasteiger partial charge >= 0.3 is 0 Å². The van der Waals surface area contributed by atoms with Crippen LogP contribution in [0.1, 0.15) is 33.0 Å². The molecule has 0 spiro atoms. The number of nitrogens with zero attached hydrogens (tertiary/aromatic N) is 3. The normalized spacial score (nSPS) is 10.9. The van der Waals surface area contributed by atoms with Crippen LogP contribution in [0.5, 0.6) is 0 Å². The van der Waals surface area contributed by atoms with Crippen LogP contribution >= 0.6 is 11.6 Å². The lowest BCUT2D eigenvalue weighted by molar-refractivity contribution is 0.288. The van der Waals surface area contributed by atoms with E-state index in [-0.39, 0.29) is 6.61 Å². The molecule has 1 N–H and O–H groups in total. The molecule has 96 valence electrons. The number of aliphatic hydroxyl groups excluding tert-OH is 1. The molecule has 0 unspecified atom stereocenters. The molecule has 0 aliphatic carbocycles. The van der Waals surface area contributed by atoms with Crippen molar-refractivity contribution >= 4 is 17.4 Å². The van der Waals surface area contributed by atoms with Crippen molar-refractivity contribution in [3.05, 3.63) is 17.0 Å². The van der Waals surface area contributed by atoms with Crippen molar-refractivity contribution in [1.29, 1.82) is 0 Å². The van der Waals surface area contributed by atoms with Gasteiger partial charge in [-0.25, -0.2) is 9.97 Å². The number of hydrogen-bond acceptors (Lipinski definition) is 4. The SMILES string of the molecule is CCc1nc(Cl)cc(N(CCCO)C(C)C)n1. The van der Waals surface area contributed by atoms with Crippen LogP contribution in [-0.2, 0) is 6.42 Å². The lowest BCUT2D eigenvalue weighted by Gasteiger charge is -2.28. The number of hydrogen-bond donors (Lipinski definition) is 1. The number of aliphatic hydroxyl groups is 1. The summed E-state index contributed by atoms with van der Waals surface area (Å²) in [5, 5.41) is 9.39. The van der Waals surface area contributed by atoms with E-state index in [0.717, 1.165) is 31.0 Å². The summed E-state index contributed by atoms with van der Waals surface area (Å²) in [5.41, 5.74) is 0. The largest absolute Gasteiger partial charge is 0.396 e. The fourth-order valence-electron chi connectivity index (χ4n) is 1.64. The zero-order valence-corrected chi connectivity index (χ0v) is 11.4. The Kier molecular flexibility index (Phi) is 5.65. The second-order valence-electron chi connectivity index (χ2n) is 4.18. The van der Waals surface area contributed by atoms with E-state index < -0.39 is 0 Å². The van der Waals surface area contributed by atoms with Crippen LogP contribution in [-0.4, -0.2) is 34.3 Å². The minimum absolute atomic E-state index is 0.183. The Morgan fingerprint density at radius 2 is 2.12 bits per heavy atom. The summed E-state index contributed by atoms with van der Waals surface area (Å²) in [4.78, 5) is 10.8. The molecule has 0 aromatic carbocycles. The molecule has 0 saturated carbocycles. The van der Waals surface area contributed by atoms with Gasteiger partial charge in [-0.1, -0.05) is 18.5 Å². The van der Waals surface area contributed by atoms with E-state index in [0.29, 0.717) is 11.2 Å². The van der Waals surface area contributed by atoms with E-state index in [1.165, 1.54) is 0 Å². The van der Waals surface area contributed by atoms with E-state index in [1.807, 2.05) is 6.92 Å². The Bertz CT molecular complexity index is 358. The van der Waals surface area contributed by atoms with Gasteiger partial charge in [-0.2, -0.15) is 0 Å². The number of halogens is 1. The average Bonchev–Trinajstić information content (AvgIpc) is 2.28. The first-order valence-corrected chi connectivity index (χ1v) is 6.37. The van der Waals surface area contributed by atoms with Crippen LogP contribution in [0.25, 0.3) is 0 Å². The lowest BCUT2D eigenvalue weighted by atomic mass is 10.3. The highest BCUT2D eigenvalue weighted by molar-refractivity contribution is 6.29. The van der Waals surface area contributed by atoms with Crippen LogP contribution in [0.2, 0.25) is 5.15 Å². The summed E-state index contributed by atoms with van der Waals surface area (Å²) >= 11 is 5.98. The predicted molar refractivity (Wildman–Crippen MR) is 70.6 cm³/mol. The molecular weight excluding hydrogens is 238 g/mol. The molecule has 17 heavy (non-hydrogen) atoms. The first-order valence-electron chi connectivity index (χ1n) is 5.99. The highest BCUT2D eigenvalue weighted by Crippen LogP contribution is 2.18. The van der Waals surface area contributed by atoms with Crippen molar-refractivity contribution in [2.24, 2.45) is 0 Å². The van der Waals surface area contributed by atoms with Gasteiger partial charge in [0.1, 0.15) is 16.8 Å². The Morgan fingerprint density at radius 1 is 1.41 bits per heavy atom. The van der Waals surface area contributed by atoms with Gasteiger partial charge in [-0.05, 0) is 20.3 Å². The number of aryl methyl sites for hydroxylation is 1. The maximum absolute atomic E-state index is 8.91. The van der Waals surface area contributed by atoms with Crippen molar-refractivity contribution in [3.8, 4) is 0 Å². The highest BCUT2D eigenvalue weighted by Gasteiger charge is 2.13. The molecule has 1 heterocycles. The average molecular weight is 258 g/mol. The molecule has 0 bridgehead atoms. The maximum Gasteiger partial charge on any atom is 0.134 e. The van der Waals surface area contributed by atoms with E-state index in [1.54, 1.807) is 6.07 Å². The zero-order valence-electron chi connectivity index (χ0n) is 10.6. The summed E-state index contributed by atoms with van der Waals surface area (Å²) in [6.45, 7) is 7.15. The van der Waals surface area contributed by atoms with Crippen LogP contribution in [0.4, 0.5) is 5.82 Å². The fraction of sp³-hybridized carbons (Fsp3) is 0.667. The Balaban J connectivity index is 2.96. The molecule has 1 rings (SSSR count). The summed E-state index contributed by atoms with van der Waals surface area (Å²) in [6.07, 6.45) is 1.49. The molecule has 0 aliphatic rings. The van der Waals surface area contributed by atoms with Crippen molar-refractivity contribution in [3.63, 3.8) is 0 Å². The van der Waals surface area contributed by atoms with E-state index in [2.05, 4.69) is 28.7 Å².